The lowest BCUT2D eigenvalue weighted by molar-refractivity contribution is -0.191. The van der Waals surface area contributed by atoms with Gasteiger partial charge in [-0.15, -0.1) is 0 Å². The Labute approximate surface area is 147 Å². The molecular formula is C19H36O5. The summed E-state index contributed by atoms with van der Waals surface area (Å²) in [5.41, 5.74) is 0. The molecule has 2 saturated heterocycles. The minimum atomic E-state index is -0.560. The molecule has 5 heteroatoms. The monoisotopic (exact) mass is 344 g/mol. The summed E-state index contributed by atoms with van der Waals surface area (Å²) in [7, 11) is 0. The van der Waals surface area contributed by atoms with E-state index < -0.39 is 11.6 Å². The van der Waals surface area contributed by atoms with Gasteiger partial charge in [-0.25, -0.2) is 0 Å². The molecule has 2 aliphatic heterocycles. The third-order valence-electron chi connectivity index (χ3n) is 6.23. The average molecular weight is 344 g/mol. The largest absolute Gasteiger partial charge is 0.394 e. The summed E-state index contributed by atoms with van der Waals surface area (Å²) >= 11 is 0. The number of aliphatic hydroxyl groups is 1. The highest BCUT2D eigenvalue weighted by atomic mass is 16.8. The van der Waals surface area contributed by atoms with Crippen molar-refractivity contribution in [2.75, 3.05) is 13.2 Å². The lowest BCUT2D eigenvalue weighted by Gasteiger charge is -2.32. The summed E-state index contributed by atoms with van der Waals surface area (Å²) in [6, 6.07) is 0. The van der Waals surface area contributed by atoms with Crippen LogP contribution >= 0.6 is 0 Å². The second-order valence-corrected chi connectivity index (χ2v) is 7.34. The summed E-state index contributed by atoms with van der Waals surface area (Å²) in [6.45, 7) is 13.3. The maximum atomic E-state index is 9.75. The third-order valence-corrected chi connectivity index (χ3v) is 6.23. The first-order chi connectivity index (χ1) is 11.4. The van der Waals surface area contributed by atoms with Crippen LogP contribution in [0.2, 0.25) is 0 Å². The van der Waals surface area contributed by atoms with E-state index in [4.69, 9.17) is 18.9 Å². The number of ether oxygens (including phenoxy) is 4. The molecule has 0 aromatic rings. The SMILES string of the molecule is CCC1(CC)OCC(C(C)C(C)C2OC(CC)(CC)OC2CO)O1. The Morgan fingerprint density at radius 1 is 0.875 bits per heavy atom. The smallest absolute Gasteiger partial charge is 0.168 e. The van der Waals surface area contributed by atoms with Gasteiger partial charge in [-0.3, -0.25) is 0 Å². The lowest BCUT2D eigenvalue weighted by atomic mass is 9.84. The molecule has 0 bridgehead atoms. The van der Waals surface area contributed by atoms with Crippen LogP contribution in [0.3, 0.4) is 0 Å². The molecule has 0 spiro atoms. The molecular weight excluding hydrogens is 308 g/mol. The summed E-state index contributed by atoms with van der Waals surface area (Å²) < 4.78 is 24.7. The number of hydrogen-bond acceptors (Lipinski definition) is 5. The first-order valence-corrected chi connectivity index (χ1v) is 9.68. The molecule has 0 amide bonds. The average Bonchev–Trinajstić information content (AvgIpc) is 3.23. The van der Waals surface area contributed by atoms with Gasteiger partial charge >= 0.3 is 0 Å². The van der Waals surface area contributed by atoms with Crippen LogP contribution < -0.4 is 0 Å². The summed E-state index contributed by atoms with van der Waals surface area (Å²) in [5.74, 6) is -0.522. The molecule has 0 aliphatic carbocycles. The van der Waals surface area contributed by atoms with Crippen molar-refractivity contribution in [1.82, 2.24) is 0 Å². The van der Waals surface area contributed by atoms with Crippen molar-refractivity contribution >= 4 is 0 Å². The quantitative estimate of drug-likeness (QED) is 0.730. The van der Waals surface area contributed by atoms with Gasteiger partial charge in [-0.05, 0) is 37.5 Å². The van der Waals surface area contributed by atoms with Crippen LogP contribution in [0.15, 0.2) is 0 Å². The Morgan fingerprint density at radius 3 is 1.92 bits per heavy atom. The van der Waals surface area contributed by atoms with Gasteiger partial charge < -0.3 is 24.1 Å². The highest BCUT2D eigenvalue weighted by molar-refractivity contribution is 4.92. The first kappa shape index (κ1) is 20.1. The molecule has 5 atom stereocenters. The van der Waals surface area contributed by atoms with E-state index in [0.717, 1.165) is 25.7 Å². The normalized spacial score (nSPS) is 34.4. The Morgan fingerprint density at radius 2 is 1.46 bits per heavy atom. The Bertz CT molecular complexity index is 391. The van der Waals surface area contributed by atoms with Gasteiger partial charge in [-0.2, -0.15) is 0 Å². The highest BCUT2D eigenvalue weighted by Crippen LogP contribution is 2.42. The molecule has 0 aromatic carbocycles. The molecule has 2 heterocycles. The molecule has 24 heavy (non-hydrogen) atoms. The van der Waals surface area contributed by atoms with Crippen molar-refractivity contribution < 1.29 is 24.1 Å². The second-order valence-electron chi connectivity index (χ2n) is 7.34. The van der Waals surface area contributed by atoms with Gasteiger partial charge in [0.2, 0.25) is 0 Å². The molecule has 2 fully saturated rings. The van der Waals surface area contributed by atoms with Crippen molar-refractivity contribution in [3.8, 4) is 0 Å². The molecule has 0 saturated carbocycles. The molecule has 5 unspecified atom stereocenters. The molecule has 2 rings (SSSR count). The molecule has 0 aromatic heterocycles. The van der Waals surface area contributed by atoms with Crippen molar-refractivity contribution in [3.05, 3.63) is 0 Å². The third kappa shape index (κ3) is 3.65. The maximum absolute atomic E-state index is 9.75. The predicted octanol–water partition coefficient (Wildman–Crippen LogP) is 3.48. The fourth-order valence-corrected chi connectivity index (χ4v) is 3.96. The van der Waals surface area contributed by atoms with Crippen LogP contribution in [-0.4, -0.2) is 48.2 Å². The number of hydrogen-bond donors (Lipinski definition) is 1. The topological polar surface area (TPSA) is 57.2 Å². The van der Waals surface area contributed by atoms with Crippen LogP contribution in [0.5, 0.6) is 0 Å². The predicted molar refractivity (Wildman–Crippen MR) is 92.6 cm³/mol. The van der Waals surface area contributed by atoms with E-state index in [-0.39, 0.29) is 36.8 Å². The number of aliphatic hydroxyl groups excluding tert-OH is 1. The van der Waals surface area contributed by atoms with Gasteiger partial charge in [0.1, 0.15) is 6.10 Å². The summed E-state index contributed by atoms with van der Waals surface area (Å²) in [4.78, 5) is 0. The van der Waals surface area contributed by atoms with E-state index in [1.165, 1.54) is 0 Å². The van der Waals surface area contributed by atoms with Gasteiger partial charge in [0, 0.05) is 0 Å². The molecule has 142 valence electrons. The zero-order valence-corrected chi connectivity index (χ0v) is 16.2. The second kappa shape index (κ2) is 8.00. The minimum Gasteiger partial charge on any atom is -0.394 e. The first-order valence-electron chi connectivity index (χ1n) is 9.68. The van der Waals surface area contributed by atoms with E-state index in [9.17, 15) is 5.11 Å². The van der Waals surface area contributed by atoms with Gasteiger partial charge in [0.05, 0.1) is 25.4 Å². The van der Waals surface area contributed by atoms with Crippen molar-refractivity contribution in [1.29, 1.82) is 0 Å². The van der Waals surface area contributed by atoms with Gasteiger partial charge in [-0.1, -0.05) is 41.5 Å². The van der Waals surface area contributed by atoms with Gasteiger partial charge in [0.25, 0.3) is 0 Å². The van der Waals surface area contributed by atoms with E-state index >= 15 is 0 Å². The fourth-order valence-electron chi connectivity index (χ4n) is 3.96. The van der Waals surface area contributed by atoms with Crippen molar-refractivity contribution in [2.24, 2.45) is 11.8 Å². The zero-order valence-electron chi connectivity index (χ0n) is 16.2. The minimum absolute atomic E-state index is 0.0145. The van der Waals surface area contributed by atoms with Crippen molar-refractivity contribution in [3.63, 3.8) is 0 Å². The zero-order chi connectivity index (χ0) is 18.0. The van der Waals surface area contributed by atoms with Crippen LogP contribution in [0.4, 0.5) is 0 Å². The van der Waals surface area contributed by atoms with E-state index in [1.807, 2.05) is 0 Å². The Kier molecular flexibility index (Phi) is 6.71. The Hall–Kier alpha value is -0.200. The van der Waals surface area contributed by atoms with E-state index in [0.29, 0.717) is 6.61 Å². The summed E-state index contributed by atoms with van der Waals surface area (Å²) in [5, 5.41) is 9.75. The van der Waals surface area contributed by atoms with Gasteiger partial charge in [0.15, 0.2) is 11.6 Å². The van der Waals surface area contributed by atoms with E-state index in [1.54, 1.807) is 0 Å². The maximum Gasteiger partial charge on any atom is 0.168 e. The van der Waals surface area contributed by atoms with Crippen LogP contribution in [0, 0.1) is 11.8 Å². The Balaban J connectivity index is 2.06. The fraction of sp³-hybridized carbons (Fsp3) is 1.00. The number of rotatable bonds is 8. The molecule has 1 N–H and O–H groups in total. The van der Waals surface area contributed by atoms with Crippen LogP contribution in [0.1, 0.15) is 67.2 Å². The van der Waals surface area contributed by atoms with Crippen molar-refractivity contribution in [2.45, 2.75) is 97.1 Å². The molecule has 5 nitrogen and oxygen atoms in total. The lowest BCUT2D eigenvalue weighted by Crippen LogP contribution is -2.40. The van der Waals surface area contributed by atoms with E-state index in [2.05, 4.69) is 41.5 Å². The van der Waals surface area contributed by atoms with Crippen LogP contribution in [-0.2, 0) is 18.9 Å². The summed E-state index contributed by atoms with van der Waals surface area (Å²) in [6.07, 6.45) is 2.96. The molecule has 0 radical (unpaired) electrons. The highest BCUT2D eigenvalue weighted by Gasteiger charge is 2.50. The standard InChI is InChI=1S/C19H36O5/c1-7-18(8-2)21-12-16(23-18)13(5)14(6)17-15(11-20)22-19(9-3,10-4)24-17/h13-17,20H,7-12H2,1-6H3. The molecule has 2 aliphatic rings. The van der Waals surface area contributed by atoms with Crippen LogP contribution in [0.25, 0.3) is 0 Å².